The molecule has 0 rings (SSSR count). The molecule has 182 valence electrons. The summed E-state index contributed by atoms with van der Waals surface area (Å²) in [6.07, 6.45) is 11.8. The molecule has 0 fully saturated rings. The van der Waals surface area contributed by atoms with Crippen molar-refractivity contribution in [3.8, 4) is 0 Å². The van der Waals surface area contributed by atoms with Crippen LogP contribution in [0.5, 0.6) is 0 Å². The van der Waals surface area contributed by atoms with Gasteiger partial charge in [0, 0.05) is 0 Å². The van der Waals surface area contributed by atoms with Gasteiger partial charge in [-0.15, -0.1) is 0 Å². The second-order valence-corrected chi connectivity index (χ2v) is 11.9. The summed E-state index contributed by atoms with van der Waals surface area (Å²) in [5.41, 5.74) is 2.34. The average Bonchev–Trinajstić information content (AvgIpc) is 2.68. The van der Waals surface area contributed by atoms with Gasteiger partial charge in [0.15, 0.2) is 0 Å². The van der Waals surface area contributed by atoms with Crippen LogP contribution in [-0.4, -0.2) is 0 Å². The van der Waals surface area contributed by atoms with Gasteiger partial charge in [-0.1, -0.05) is 162 Å². The van der Waals surface area contributed by atoms with Crippen LogP contribution in [0.3, 0.4) is 0 Å². The molecule has 0 radical (unpaired) electrons. The Hall–Kier alpha value is 0. The van der Waals surface area contributed by atoms with Gasteiger partial charge < -0.3 is 0 Å². The van der Waals surface area contributed by atoms with Crippen molar-refractivity contribution >= 4 is 0 Å². The standard InChI is InChI=1S/2C8H18.C7H16.C6H14/c1-5-7-8(3,4)6-2;1-5-8(4,6-2)7-3;1-5-7(3,4)6-2;1-5-6(2,3)4/h2*5-7H2,1-4H3;5-6H2,1-4H3;5H2,1-4H3. The number of hydrogen-bond acceptors (Lipinski definition) is 0. The van der Waals surface area contributed by atoms with E-state index in [0.29, 0.717) is 21.7 Å². The second kappa shape index (κ2) is 18.7. The lowest BCUT2D eigenvalue weighted by Gasteiger charge is -2.23. The topological polar surface area (TPSA) is 0 Å². The third-order valence-electron chi connectivity index (χ3n) is 7.42. The third-order valence-corrected chi connectivity index (χ3v) is 7.42. The SMILES string of the molecule is CCC(C)(C)C.CCC(C)(C)CC.CCC(C)(CC)CC.CCCC(C)(C)CC. The predicted molar refractivity (Wildman–Crippen MR) is 142 cm³/mol. The van der Waals surface area contributed by atoms with Crippen LogP contribution in [0.15, 0.2) is 0 Å². The first kappa shape index (κ1) is 36.4. The molecule has 0 bridgehead atoms. The molecule has 0 saturated heterocycles. The normalized spacial score (nSPS) is 12.0. The van der Waals surface area contributed by atoms with Crippen molar-refractivity contribution in [1.29, 1.82) is 0 Å². The lowest BCUT2D eigenvalue weighted by Crippen LogP contribution is -2.10. The van der Waals surface area contributed by atoms with Gasteiger partial charge in [0.1, 0.15) is 0 Å². The molecule has 0 aliphatic heterocycles. The van der Waals surface area contributed by atoms with Crippen molar-refractivity contribution < 1.29 is 0 Å². The molecule has 0 spiro atoms. The Morgan fingerprint density at radius 2 is 0.655 bits per heavy atom. The molecule has 0 aromatic carbocycles. The minimum Gasteiger partial charge on any atom is -0.0654 e. The first-order valence-electron chi connectivity index (χ1n) is 13.0. The van der Waals surface area contributed by atoms with E-state index >= 15 is 0 Å². The van der Waals surface area contributed by atoms with Gasteiger partial charge in [0.25, 0.3) is 0 Å². The van der Waals surface area contributed by atoms with Crippen LogP contribution in [0.1, 0.15) is 169 Å². The lowest BCUT2D eigenvalue weighted by atomic mass is 9.82. The van der Waals surface area contributed by atoms with E-state index in [9.17, 15) is 0 Å². The molecular formula is C29H66. The zero-order chi connectivity index (χ0) is 24.4. The van der Waals surface area contributed by atoms with Crippen LogP contribution in [0.2, 0.25) is 0 Å². The molecule has 29 heavy (non-hydrogen) atoms. The minimum absolute atomic E-state index is 0.542. The van der Waals surface area contributed by atoms with E-state index in [-0.39, 0.29) is 0 Å². The monoisotopic (exact) mass is 415 g/mol. The maximum Gasteiger partial charge on any atom is -0.0334 e. The van der Waals surface area contributed by atoms with E-state index in [1.807, 2.05) is 0 Å². The van der Waals surface area contributed by atoms with Crippen molar-refractivity contribution in [1.82, 2.24) is 0 Å². The van der Waals surface area contributed by atoms with Crippen LogP contribution in [0, 0.1) is 21.7 Å². The summed E-state index contributed by atoms with van der Waals surface area (Å²) in [6.45, 7) is 36.3. The van der Waals surface area contributed by atoms with Gasteiger partial charge in [-0.25, -0.2) is 0 Å². The summed E-state index contributed by atoms with van der Waals surface area (Å²) in [5, 5.41) is 0. The molecule has 0 saturated carbocycles. The third kappa shape index (κ3) is 30.3. The van der Waals surface area contributed by atoms with Crippen molar-refractivity contribution in [2.75, 3.05) is 0 Å². The fourth-order valence-electron chi connectivity index (χ4n) is 1.85. The smallest absolute Gasteiger partial charge is 0.0334 e. The summed E-state index contributed by atoms with van der Waals surface area (Å²) in [4.78, 5) is 0. The van der Waals surface area contributed by atoms with Crippen molar-refractivity contribution in [3.05, 3.63) is 0 Å². The molecule has 0 heterocycles. The molecule has 0 amide bonds. The van der Waals surface area contributed by atoms with Crippen LogP contribution in [-0.2, 0) is 0 Å². The Kier molecular flexibility index (Phi) is 23.5. The minimum atomic E-state index is 0.542. The van der Waals surface area contributed by atoms with Crippen molar-refractivity contribution in [2.24, 2.45) is 21.7 Å². The summed E-state index contributed by atoms with van der Waals surface area (Å²) >= 11 is 0. The van der Waals surface area contributed by atoms with Gasteiger partial charge in [-0.3, -0.25) is 0 Å². The van der Waals surface area contributed by atoms with E-state index in [1.165, 1.54) is 57.8 Å². The van der Waals surface area contributed by atoms with Crippen LogP contribution < -0.4 is 0 Å². The van der Waals surface area contributed by atoms with Crippen LogP contribution in [0.25, 0.3) is 0 Å². The molecule has 0 N–H and O–H groups in total. The van der Waals surface area contributed by atoms with E-state index in [0.717, 1.165) is 0 Å². The lowest BCUT2D eigenvalue weighted by molar-refractivity contribution is 0.286. The molecular weight excluding hydrogens is 348 g/mol. The van der Waals surface area contributed by atoms with E-state index < -0.39 is 0 Å². The van der Waals surface area contributed by atoms with E-state index in [1.54, 1.807) is 0 Å². The Morgan fingerprint density at radius 3 is 0.690 bits per heavy atom. The maximum absolute atomic E-state index is 2.35. The maximum atomic E-state index is 2.35. The summed E-state index contributed by atoms with van der Waals surface area (Å²) in [7, 11) is 0. The van der Waals surface area contributed by atoms with E-state index in [4.69, 9.17) is 0 Å². The zero-order valence-electron chi connectivity index (χ0n) is 24.4. The van der Waals surface area contributed by atoms with Crippen molar-refractivity contribution in [2.45, 2.75) is 169 Å². The number of hydrogen-bond donors (Lipinski definition) is 0. The Morgan fingerprint density at radius 1 is 0.379 bits per heavy atom. The molecule has 0 heteroatoms. The summed E-state index contributed by atoms with van der Waals surface area (Å²) in [5.74, 6) is 0. The van der Waals surface area contributed by atoms with Gasteiger partial charge in [-0.2, -0.15) is 0 Å². The predicted octanol–water partition coefficient (Wildman–Crippen LogP) is 11.7. The first-order valence-corrected chi connectivity index (χ1v) is 13.0. The summed E-state index contributed by atoms with van der Waals surface area (Å²) < 4.78 is 0. The first-order chi connectivity index (χ1) is 13.0. The molecule has 0 nitrogen and oxygen atoms in total. The molecule has 0 unspecified atom stereocenters. The average molecular weight is 415 g/mol. The number of rotatable bonds is 8. The molecule has 0 atom stereocenters. The Labute approximate surface area is 190 Å². The van der Waals surface area contributed by atoms with Gasteiger partial charge >= 0.3 is 0 Å². The van der Waals surface area contributed by atoms with Gasteiger partial charge in [0.2, 0.25) is 0 Å². The Balaban J connectivity index is -0.000000145. The highest BCUT2D eigenvalue weighted by Crippen LogP contribution is 2.28. The molecule has 0 aromatic rings. The highest BCUT2D eigenvalue weighted by atomic mass is 14.2. The molecule has 0 aromatic heterocycles. The highest BCUT2D eigenvalue weighted by Gasteiger charge is 2.15. The highest BCUT2D eigenvalue weighted by molar-refractivity contribution is 4.67. The second-order valence-electron chi connectivity index (χ2n) is 11.9. The largest absolute Gasteiger partial charge is 0.0654 e. The molecule has 0 aliphatic carbocycles. The van der Waals surface area contributed by atoms with Crippen molar-refractivity contribution in [3.63, 3.8) is 0 Å². The van der Waals surface area contributed by atoms with Gasteiger partial charge in [-0.05, 0) is 28.1 Å². The van der Waals surface area contributed by atoms with Gasteiger partial charge in [0.05, 0.1) is 0 Å². The summed E-state index contributed by atoms with van der Waals surface area (Å²) in [6, 6.07) is 0. The fourth-order valence-corrected chi connectivity index (χ4v) is 1.85. The quantitative estimate of drug-likeness (QED) is 0.370. The zero-order valence-corrected chi connectivity index (χ0v) is 24.4. The Bertz CT molecular complexity index is 295. The van der Waals surface area contributed by atoms with Crippen LogP contribution >= 0.6 is 0 Å². The molecule has 0 aliphatic rings. The fraction of sp³-hybridized carbons (Fsp3) is 1.00. The van der Waals surface area contributed by atoms with Crippen LogP contribution in [0.4, 0.5) is 0 Å². The van der Waals surface area contributed by atoms with E-state index in [2.05, 4.69) is 111 Å².